The Labute approximate surface area is 409 Å². The zero-order chi connectivity index (χ0) is 47.7. The molecule has 1 atom stereocenters. The van der Waals surface area contributed by atoms with Gasteiger partial charge in [-0.3, -0.25) is 9.59 Å². The summed E-state index contributed by atoms with van der Waals surface area (Å²) in [6.45, 7) is 7.63. The molecule has 0 aromatic heterocycles. The first-order chi connectivity index (χ1) is 32.6. The molecule has 0 fully saturated rings. The third-order valence-corrected chi connectivity index (χ3v) is 11.9. The van der Waals surface area contributed by atoms with Crippen LogP contribution in [0.2, 0.25) is 0 Å². The molecule has 0 heterocycles. The van der Waals surface area contributed by atoms with E-state index in [0.29, 0.717) is 19.4 Å². The summed E-state index contributed by atoms with van der Waals surface area (Å²) in [5, 5.41) is 0. The van der Waals surface area contributed by atoms with Crippen molar-refractivity contribution in [1.82, 2.24) is 0 Å². The molecule has 66 heavy (non-hydrogen) atoms. The SMILES string of the molecule is CC/C=C\C/C=C\C/C=C\C/C=C\CCCCC(=O)OC(COCCCCCCCC/C=C\C/C=C\CCCCC)COC(=O)CCCCCCCCCCC/C=C\CCCCCCCC. The molecule has 0 radical (unpaired) electrons. The minimum atomic E-state index is -0.568. The van der Waals surface area contributed by atoms with Crippen LogP contribution in [0.15, 0.2) is 85.1 Å². The monoisotopic (exact) mass is 919 g/mol. The van der Waals surface area contributed by atoms with Crippen LogP contribution in [0.4, 0.5) is 0 Å². The molecule has 5 heteroatoms. The number of esters is 2. The lowest BCUT2D eigenvalue weighted by molar-refractivity contribution is -0.163. The molecule has 0 rings (SSSR count). The van der Waals surface area contributed by atoms with Crippen molar-refractivity contribution in [2.24, 2.45) is 0 Å². The van der Waals surface area contributed by atoms with Crippen molar-refractivity contribution in [3.05, 3.63) is 85.1 Å². The van der Waals surface area contributed by atoms with Crippen molar-refractivity contribution in [3.63, 3.8) is 0 Å². The van der Waals surface area contributed by atoms with E-state index in [1.807, 2.05) is 0 Å². The Balaban J connectivity index is 4.33. The second kappa shape index (κ2) is 56.4. The van der Waals surface area contributed by atoms with Gasteiger partial charge in [0.1, 0.15) is 6.61 Å². The molecule has 0 aliphatic carbocycles. The van der Waals surface area contributed by atoms with E-state index in [9.17, 15) is 9.59 Å². The summed E-state index contributed by atoms with van der Waals surface area (Å²) in [5.41, 5.74) is 0. The van der Waals surface area contributed by atoms with Crippen LogP contribution in [0, 0.1) is 0 Å². The molecule has 0 aromatic rings. The summed E-state index contributed by atoms with van der Waals surface area (Å²) in [5.74, 6) is -0.450. The standard InChI is InChI=1S/C61H106O5/c1-4-7-10-13-16-19-22-25-28-30-31-32-34-36-39-42-45-48-51-54-60(62)65-58-59(57-64-56-53-50-47-44-41-38-35-29-26-23-20-17-14-11-8-5-2)66-61(63)55-52-49-46-43-40-37-33-27-24-21-18-15-12-9-6-3/h9,12,17-18,20-21,25-29,33,40,43,59H,4-8,10-11,13-16,19,22-24,30-32,34-39,41-42,44-58H2,1-3H3/b12-9-,20-17-,21-18-,28-25-,29-26-,33-27-,43-40-. The Hall–Kier alpha value is -2.92. The maximum absolute atomic E-state index is 12.8. The van der Waals surface area contributed by atoms with E-state index in [0.717, 1.165) is 77.0 Å². The van der Waals surface area contributed by atoms with Crippen molar-refractivity contribution in [2.75, 3.05) is 19.8 Å². The number of allylic oxidation sites excluding steroid dienone is 14. The fourth-order valence-corrected chi connectivity index (χ4v) is 7.70. The van der Waals surface area contributed by atoms with Crippen LogP contribution >= 0.6 is 0 Å². The number of unbranched alkanes of at least 4 members (excludes halogenated alkanes) is 26. The minimum Gasteiger partial charge on any atom is -0.462 e. The summed E-state index contributed by atoms with van der Waals surface area (Å²) in [6.07, 6.45) is 74.6. The van der Waals surface area contributed by atoms with Gasteiger partial charge in [-0.05, 0) is 116 Å². The maximum Gasteiger partial charge on any atom is 0.306 e. The van der Waals surface area contributed by atoms with E-state index in [-0.39, 0.29) is 25.2 Å². The maximum atomic E-state index is 12.8. The molecule has 0 aromatic carbocycles. The number of hydrogen-bond donors (Lipinski definition) is 0. The number of hydrogen-bond acceptors (Lipinski definition) is 5. The predicted octanol–water partition coefficient (Wildman–Crippen LogP) is 19.2. The predicted molar refractivity (Wildman–Crippen MR) is 288 cm³/mol. The fourth-order valence-electron chi connectivity index (χ4n) is 7.70. The zero-order valence-corrected chi connectivity index (χ0v) is 43.7. The van der Waals surface area contributed by atoms with Gasteiger partial charge in [-0.2, -0.15) is 0 Å². The van der Waals surface area contributed by atoms with Crippen LogP contribution in [0.5, 0.6) is 0 Å². The van der Waals surface area contributed by atoms with E-state index in [2.05, 4.69) is 106 Å². The molecule has 0 bridgehead atoms. The molecule has 0 saturated heterocycles. The van der Waals surface area contributed by atoms with Crippen LogP contribution < -0.4 is 0 Å². The normalized spacial score (nSPS) is 12.8. The molecule has 0 amide bonds. The smallest absolute Gasteiger partial charge is 0.306 e. The van der Waals surface area contributed by atoms with Gasteiger partial charge in [-0.1, -0.05) is 221 Å². The highest BCUT2D eigenvalue weighted by molar-refractivity contribution is 5.70. The van der Waals surface area contributed by atoms with Gasteiger partial charge in [-0.15, -0.1) is 0 Å². The third-order valence-electron chi connectivity index (χ3n) is 11.9. The van der Waals surface area contributed by atoms with Gasteiger partial charge in [-0.25, -0.2) is 0 Å². The number of carbonyl (C=O) groups excluding carboxylic acids is 2. The number of carbonyl (C=O) groups is 2. The number of ether oxygens (including phenoxy) is 3. The summed E-state index contributed by atoms with van der Waals surface area (Å²) in [7, 11) is 0. The summed E-state index contributed by atoms with van der Waals surface area (Å²) in [4.78, 5) is 25.5. The Morgan fingerprint density at radius 3 is 1.17 bits per heavy atom. The van der Waals surface area contributed by atoms with Crippen LogP contribution in [0.25, 0.3) is 0 Å². The lowest BCUT2D eigenvalue weighted by Gasteiger charge is -2.18. The Morgan fingerprint density at radius 1 is 0.348 bits per heavy atom. The number of rotatable bonds is 51. The Morgan fingerprint density at radius 2 is 0.682 bits per heavy atom. The Bertz CT molecular complexity index is 1220. The quantitative estimate of drug-likeness (QED) is 0.0346. The van der Waals surface area contributed by atoms with Crippen molar-refractivity contribution in [1.29, 1.82) is 0 Å². The fraction of sp³-hybridized carbons (Fsp3) is 0.738. The topological polar surface area (TPSA) is 61.8 Å². The highest BCUT2D eigenvalue weighted by Crippen LogP contribution is 2.14. The van der Waals surface area contributed by atoms with Gasteiger partial charge in [0.15, 0.2) is 6.10 Å². The molecular weight excluding hydrogens is 813 g/mol. The van der Waals surface area contributed by atoms with Crippen molar-refractivity contribution < 1.29 is 23.8 Å². The van der Waals surface area contributed by atoms with Crippen LogP contribution in [-0.4, -0.2) is 37.9 Å². The van der Waals surface area contributed by atoms with Gasteiger partial charge in [0.05, 0.1) is 6.61 Å². The largest absolute Gasteiger partial charge is 0.462 e. The highest BCUT2D eigenvalue weighted by atomic mass is 16.6. The molecule has 0 aliphatic rings. The molecule has 5 nitrogen and oxygen atoms in total. The molecule has 0 saturated carbocycles. The van der Waals surface area contributed by atoms with E-state index >= 15 is 0 Å². The Kier molecular flexibility index (Phi) is 53.9. The molecule has 1 unspecified atom stereocenters. The second-order valence-corrected chi connectivity index (χ2v) is 18.4. The van der Waals surface area contributed by atoms with E-state index in [4.69, 9.17) is 14.2 Å². The van der Waals surface area contributed by atoms with Gasteiger partial charge in [0, 0.05) is 19.4 Å². The van der Waals surface area contributed by atoms with Crippen molar-refractivity contribution in [2.45, 2.75) is 271 Å². The first kappa shape index (κ1) is 63.1. The van der Waals surface area contributed by atoms with Gasteiger partial charge in [0.25, 0.3) is 0 Å². The average molecular weight is 920 g/mol. The molecule has 0 aliphatic heterocycles. The van der Waals surface area contributed by atoms with E-state index in [1.54, 1.807) is 0 Å². The van der Waals surface area contributed by atoms with Gasteiger partial charge >= 0.3 is 11.9 Å². The van der Waals surface area contributed by atoms with Crippen molar-refractivity contribution in [3.8, 4) is 0 Å². The van der Waals surface area contributed by atoms with E-state index in [1.165, 1.54) is 154 Å². The molecule has 0 N–H and O–H groups in total. The first-order valence-corrected chi connectivity index (χ1v) is 28.1. The lowest BCUT2D eigenvalue weighted by Crippen LogP contribution is -2.30. The third kappa shape index (κ3) is 53.7. The van der Waals surface area contributed by atoms with Crippen LogP contribution in [0.1, 0.15) is 265 Å². The summed E-state index contributed by atoms with van der Waals surface area (Å²) >= 11 is 0. The average Bonchev–Trinajstić information content (AvgIpc) is 3.32. The highest BCUT2D eigenvalue weighted by Gasteiger charge is 2.17. The summed E-state index contributed by atoms with van der Waals surface area (Å²) in [6, 6.07) is 0. The molecule has 380 valence electrons. The second-order valence-electron chi connectivity index (χ2n) is 18.4. The lowest BCUT2D eigenvalue weighted by atomic mass is 10.1. The van der Waals surface area contributed by atoms with E-state index < -0.39 is 6.10 Å². The van der Waals surface area contributed by atoms with Crippen LogP contribution in [-0.2, 0) is 23.8 Å². The van der Waals surface area contributed by atoms with Crippen LogP contribution in [0.3, 0.4) is 0 Å². The van der Waals surface area contributed by atoms with Gasteiger partial charge < -0.3 is 14.2 Å². The van der Waals surface area contributed by atoms with Crippen molar-refractivity contribution >= 4 is 11.9 Å². The molecule has 0 spiro atoms. The zero-order valence-electron chi connectivity index (χ0n) is 43.7. The van der Waals surface area contributed by atoms with Gasteiger partial charge in [0.2, 0.25) is 0 Å². The summed E-state index contributed by atoms with van der Waals surface area (Å²) < 4.78 is 17.4. The first-order valence-electron chi connectivity index (χ1n) is 28.1. The minimum absolute atomic E-state index is 0.0606. The molecular formula is C61H106O5.